The lowest BCUT2D eigenvalue weighted by Crippen LogP contribution is -2.51. The van der Waals surface area contributed by atoms with E-state index in [1.165, 1.54) is 4.90 Å². The Morgan fingerprint density at radius 3 is 2.12 bits per heavy atom. The average Bonchev–Trinajstić information content (AvgIpc) is 3.34. The molecule has 3 aromatic rings. The topological polar surface area (TPSA) is 91.7 Å². The number of carbonyl (C=O) groups excluding carboxylic acids is 3. The van der Waals surface area contributed by atoms with Crippen molar-refractivity contribution in [2.24, 2.45) is 0 Å². The summed E-state index contributed by atoms with van der Waals surface area (Å²) in [6.45, 7) is 5.38. The van der Waals surface area contributed by atoms with E-state index in [0.717, 1.165) is 62.4 Å². The van der Waals surface area contributed by atoms with Crippen molar-refractivity contribution < 1.29 is 14.4 Å². The lowest BCUT2D eigenvalue weighted by atomic mass is 9.96. The van der Waals surface area contributed by atoms with Crippen molar-refractivity contribution in [3.05, 3.63) is 81.6 Å². The molecule has 2 aromatic carbocycles. The first-order valence-corrected chi connectivity index (χ1v) is 15.0. The quantitative estimate of drug-likeness (QED) is 0.304. The average molecular weight is 555 g/mol. The number of amides is 3. The van der Waals surface area contributed by atoms with Gasteiger partial charge in [-0.2, -0.15) is 0 Å². The fraction of sp³-hybridized carbons (Fsp3) is 0.455. The molecule has 2 saturated heterocycles. The van der Waals surface area contributed by atoms with Crippen LogP contribution >= 0.6 is 0 Å². The van der Waals surface area contributed by atoms with E-state index in [1.54, 1.807) is 34.9 Å². The number of rotatable bonds is 9. The van der Waals surface area contributed by atoms with Crippen LogP contribution in [0, 0.1) is 0 Å². The molecule has 0 radical (unpaired) electrons. The maximum Gasteiger partial charge on any atom is 0.264 e. The third kappa shape index (κ3) is 5.10. The van der Waals surface area contributed by atoms with Gasteiger partial charge in [-0.1, -0.05) is 36.8 Å². The SMILES string of the molecule is CC(C)n1c(=O)c(C(=O)NC2C[C@H]3CC[C@H](C2)N3CCCCCN2C(=O)c3ccccc3C2=O)cc2ccccc21. The maximum atomic E-state index is 13.3. The van der Waals surface area contributed by atoms with E-state index in [2.05, 4.69) is 10.2 Å². The summed E-state index contributed by atoms with van der Waals surface area (Å²) in [5.41, 5.74) is 1.84. The van der Waals surface area contributed by atoms with Crippen LogP contribution in [0.5, 0.6) is 0 Å². The van der Waals surface area contributed by atoms with Gasteiger partial charge in [0.05, 0.1) is 16.6 Å². The number of hydrogen-bond acceptors (Lipinski definition) is 5. The molecule has 0 spiro atoms. The third-order valence-corrected chi connectivity index (χ3v) is 9.10. The second-order valence-electron chi connectivity index (χ2n) is 12.0. The van der Waals surface area contributed by atoms with Crippen molar-refractivity contribution in [3.63, 3.8) is 0 Å². The Kier molecular flexibility index (Phi) is 7.51. The van der Waals surface area contributed by atoms with Gasteiger partial charge in [-0.05, 0) is 88.6 Å². The fourth-order valence-corrected chi connectivity index (χ4v) is 7.16. The van der Waals surface area contributed by atoms with E-state index in [1.807, 2.05) is 38.1 Å². The molecule has 0 aliphatic carbocycles. The highest BCUT2D eigenvalue weighted by atomic mass is 16.2. The Balaban J connectivity index is 1.01. The van der Waals surface area contributed by atoms with Gasteiger partial charge in [-0.25, -0.2) is 0 Å². The highest BCUT2D eigenvalue weighted by Crippen LogP contribution is 2.36. The number of nitrogens with one attached hydrogen (secondary N) is 1. The Bertz CT molecular complexity index is 1510. The summed E-state index contributed by atoms with van der Waals surface area (Å²) in [5.74, 6) is -0.639. The van der Waals surface area contributed by atoms with E-state index < -0.39 is 0 Å². The summed E-state index contributed by atoms with van der Waals surface area (Å²) in [6, 6.07) is 17.4. The van der Waals surface area contributed by atoms with Crippen LogP contribution in [0.3, 0.4) is 0 Å². The number of piperidine rings is 1. The summed E-state index contributed by atoms with van der Waals surface area (Å²) in [6.07, 6.45) is 6.80. The lowest BCUT2D eigenvalue weighted by molar-refractivity contribution is 0.0650. The largest absolute Gasteiger partial charge is 0.349 e. The van der Waals surface area contributed by atoms with Gasteiger partial charge in [-0.15, -0.1) is 0 Å². The number of para-hydroxylation sites is 1. The highest BCUT2D eigenvalue weighted by molar-refractivity contribution is 6.21. The minimum absolute atomic E-state index is 0.0492. The number of nitrogens with zero attached hydrogens (tertiary/aromatic N) is 3. The van der Waals surface area contributed by atoms with E-state index in [4.69, 9.17) is 0 Å². The number of carbonyl (C=O) groups is 3. The highest BCUT2D eigenvalue weighted by Gasteiger charge is 2.41. The molecule has 0 unspecified atom stereocenters. The molecule has 8 heteroatoms. The van der Waals surface area contributed by atoms with Gasteiger partial charge in [0.15, 0.2) is 0 Å². The molecule has 3 aliphatic heterocycles. The summed E-state index contributed by atoms with van der Waals surface area (Å²) >= 11 is 0. The van der Waals surface area contributed by atoms with Crippen LogP contribution in [-0.2, 0) is 0 Å². The van der Waals surface area contributed by atoms with Crippen molar-refractivity contribution in [1.29, 1.82) is 0 Å². The predicted molar refractivity (Wildman–Crippen MR) is 158 cm³/mol. The number of pyridine rings is 1. The number of benzene rings is 2. The van der Waals surface area contributed by atoms with Crippen LogP contribution in [0.2, 0.25) is 0 Å². The second-order valence-corrected chi connectivity index (χ2v) is 12.0. The molecule has 8 nitrogen and oxygen atoms in total. The van der Waals surface area contributed by atoms with Gasteiger partial charge < -0.3 is 9.88 Å². The number of fused-ring (bicyclic) bond motifs is 4. The Morgan fingerprint density at radius 2 is 1.46 bits per heavy atom. The van der Waals surface area contributed by atoms with E-state index in [9.17, 15) is 19.2 Å². The van der Waals surface area contributed by atoms with E-state index in [-0.39, 0.29) is 40.9 Å². The van der Waals surface area contributed by atoms with Gasteiger partial charge in [0.2, 0.25) is 0 Å². The number of imide groups is 1. The van der Waals surface area contributed by atoms with Crippen LogP contribution in [0.25, 0.3) is 10.9 Å². The summed E-state index contributed by atoms with van der Waals surface area (Å²) in [5, 5.41) is 4.10. The van der Waals surface area contributed by atoms with Crippen molar-refractivity contribution in [3.8, 4) is 0 Å². The standard InChI is InChI=1S/C33H38N4O4/c1-21(2)37-29-13-7-4-10-22(29)18-28(33(37)41)30(38)34-23-19-24-14-15-25(20-23)35(24)16-8-3-9-17-36-31(39)26-11-5-6-12-27(26)32(36)40/h4-7,10-13,18,21,23-25H,3,8-9,14-17,19-20H2,1-2H3,(H,34,38)/t24-,25-/m1/s1. The zero-order valence-electron chi connectivity index (χ0n) is 23.8. The molecule has 2 bridgehead atoms. The smallest absolute Gasteiger partial charge is 0.264 e. The first kappa shape index (κ1) is 27.4. The van der Waals surface area contributed by atoms with Crippen LogP contribution < -0.4 is 10.9 Å². The molecule has 3 aliphatic rings. The van der Waals surface area contributed by atoms with Crippen LogP contribution in [0.15, 0.2) is 59.4 Å². The Hall–Kier alpha value is -3.78. The van der Waals surface area contributed by atoms with Crippen molar-refractivity contribution in [1.82, 2.24) is 19.7 Å². The first-order valence-electron chi connectivity index (χ1n) is 15.0. The van der Waals surface area contributed by atoms with Crippen molar-refractivity contribution in [2.45, 2.75) is 83.0 Å². The normalized spacial score (nSPS) is 22.1. The molecule has 1 N–H and O–H groups in total. The minimum atomic E-state index is -0.277. The predicted octanol–water partition coefficient (Wildman–Crippen LogP) is 4.77. The Morgan fingerprint density at radius 1 is 0.854 bits per heavy atom. The maximum absolute atomic E-state index is 13.3. The zero-order chi connectivity index (χ0) is 28.7. The van der Waals surface area contributed by atoms with E-state index >= 15 is 0 Å². The lowest BCUT2D eigenvalue weighted by Gasteiger charge is -2.39. The molecular formula is C33H38N4O4. The van der Waals surface area contributed by atoms with Crippen LogP contribution in [0.4, 0.5) is 0 Å². The van der Waals surface area contributed by atoms with Crippen LogP contribution in [-0.4, -0.2) is 63.3 Å². The summed E-state index contributed by atoms with van der Waals surface area (Å²) < 4.78 is 1.71. The number of unbranched alkanes of at least 4 members (excludes halogenated alkanes) is 2. The summed E-state index contributed by atoms with van der Waals surface area (Å²) in [7, 11) is 0. The molecule has 214 valence electrons. The molecule has 0 saturated carbocycles. The monoisotopic (exact) mass is 554 g/mol. The molecule has 4 heterocycles. The van der Waals surface area contributed by atoms with E-state index in [0.29, 0.717) is 29.8 Å². The molecule has 6 rings (SSSR count). The van der Waals surface area contributed by atoms with Crippen molar-refractivity contribution >= 4 is 28.6 Å². The Labute approximate surface area is 240 Å². The third-order valence-electron chi connectivity index (χ3n) is 9.10. The molecule has 2 atom stereocenters. The van der Waals surface area contributed by atoms with Gasteiger partial charge in [-0.3, -0.25) is 29.0 Å². The second kappa shape index (κ2) is 11.2. The molecular weight excluding hydrogens is 516 g/mol. The fourth-order valence-electron chi connectivity index (χ4n) is 7.16. The first-order chi connectivity index (χ1) is 19.8. The summed E-state index contributed by atoms with van der Waals surface area (Å²) in [4.78, 5) is 55.8. The van der Waals surface area contributed by atoms with Crippen molar-refractivity contribution in [2.75, 3.05) is 13.1 Å². The van der Waals surface area contributed by atoms with Gasteiger partial charge in [0.25, 0.3) is 23.3 Å². The van der Waals surface area contributed by atoms with Crippen LogP contribution in [0.1, 0.15) is 95.9 Å². The van der Waals surface area contributed by atoms with Gasteiger partial charge in [0.1, 0.15) is 5.56 Å². The van der Waals surface area contributed by atoms with Gasteiger partial charge >= 0.3 is 0 Å². The number of hydrogen-bond donors (Lipinski definition) is 1. The molecule has 41 heavy (non-hydrogen) atoms. The van der Waals surface area contributed by atoms with Gasteiger partial charge in [0, 0.05) is 30.7 Å². The molecule has 1 aromatic heterocycles. The zero-order valence-corrected chi connectivity index (χ0v) is 23.8. The molecule has 2 fully saturated rings. The minimum Gasteiger partial charge on any atom is -0.349 e. The number of aromatic nitrogens is 1. The molecule has 3 amide bonds.